The summed E-state index contributed by atoms with van der Waals surface area (Å²) in [6.45, 7) is 0. The molecule has 2 heterocycles. The summed E-state index contributed by atoms with van der Waals surface area (Å²) in [5.41, 5.74) is 0.819. The van der Waals surface area contributed by atoms with Crippen LogP contribution in [0.3, 0.4) is 0 Å². The van der Waals surface area contributed by atoms with E-state index in [-0.39, 0.29) is 5.69 Å². The first kappa shape index (κ1) is 11.0. The summed E-state index contributed by atoms with van der Waals surface area (Å²) in [6, 6.07) is 5.45. The molecule has 0 saturated carbocycles. The van der Waals surface area contributed by atoms with Crippen molar-refractivity contribution < 1.29 is 9.53 Å². The molecule has 2 aromatic rings. The van der Waals surface area contributed by atoms with E-state index in [9.17, 15) is 4.79 Å². The molecule has 0 aliphatic rings. The van der Waals surface area contributed by atoms with E-state index in [2.05, 4.69) is 14.7 Å². The molecular formula is C10H7ClN2O2S. The van der Waals surface area contributed by atoms with Crippen LogP contribution in [0.25, 0.3) is 10.7 Å². The molecule has 2 aromatic heterocycles. The van der Waals surface area contributed by atoms with E-state index in [1.54, 1.807) is 18.3 Å². The number of aromatic nitrogens is 2. The van der Waals surface area contributed by atoms with Gasteiger partial charge in [0.15, 0.2) is 5.69 Å². The molecule has 0 aliphatic carbocycles. The number of rotatable bonds is 2. The summed E-state index contributed by atoms with van der Waals surface area (Å²) < 4.78 is 4.88. The highest BCUT2D eigenvalue weighted by Gasteiger charge is 2.18. The molecule has 0 bridgehead atoms. The molecule has 6 heteroatoms. The lowest BCUT2D eigenvalue weighted by Gasteiger charge is -1.93. The quantitative estimate of drug-likeness (QED) is 0.773. The van der Waals surface area contributed by atoms with Crippen LogP contribution in [-0.2, 0) is 4.74 Å². The van der Waals surface area contributed by atoms with Crippen molar-refractivity contribution in [2.24, 2.45) is 0 Å². The average molecular weight is 255 g/mol. The summed E-state index contributed by atoms with van der Waals surface area (Å²) in [7, 11) is 1.29. The second-order valence-corrected chi connectivity index (χ2v) is 4.45. The van der Waals surface area contributed by atoms with Crippen LogP contribution in [0.2, 0.25) is 4.34 Å². The van der Waals surface area contributed by atoms with Crippen molar-refractivity contribution >= 4 is 28.9 Å². The first-order valence-electron chi connectivity index (χ1n) is 4.38. The lowest BCUT2D eigenvalue weighted by Crippen LogP contribution is -2.02. The van der Waals surface area contributed by atoms with Gasteiger partial charge in [0.2, 0.25) is 0 Å². The molecule has 0 aromatic carbocycles. The van der Waals surface area contributed by atoms with Crippen LogP contribution in [-0.4, -0.2) is 23.0 Å². The van der Waals surface area contributed by atoms with Crippen molar-refractivity contribution in [2.45, 2.75) is 0 Å². The number of esters is 1. The van der Waals surface area contributed by atoms with Gasteiger partial charge in [-0.15, -0.1) is 0 Å². The highest BCUT2D eigenvalue weighted by atomic mass is 35.5. The predicted octanol–water partition coefficient (Wildman–Crippen LogP) is 2.65. The Morgan fingerprint density at radius 3 is 2.94 bits per heavy atom. The minimum absolute atomic E-state index is 0.134. The topological polar surface area (TPSA) is 52.1 Å². The lowest BCUT2D eigenvalue weighted by molar-refractivity contribution is 0.0595. The fraction of sp³-hybridized carbons (Fsp3) is 0.100. The van der Waals surface area contributed by atoms with Crippen molar-refractivity contribution in [3.8, 4) is 10.7 Å². The number of pyridine rings is 1. The molecule has 0 unspecified atom stereocenters. The summed E-state index contributed by atoms with van der Waals surface area (Å²) in [6.07, 6.45) is 1.66. The Labute approximate surface area is 101 Å². The Balaban J connectivity index is 2.42. The van der Waals surface area contributed by atoms with Crippen LogP contribution in [0.1, 0.15) is 10.5 Å². The van der Waals surface area contributed by atoms with Crippen LogP contribution in [0.5, 0.6) is 0 Å². The number of thiazole rings is 1. The molecule has 0 atom stereocenters. The Morgan fingerprint density at radius 2 is 2.31 bits per heavy atom. The van der Waals surface area contributed by atoms with Crippen molar-refractivity contribution in [1.29, 1.82) is 0 Å². The monoisotopic (exact) mass is 254 g/mol. The number of carbonyl (C=O) groups excluding carboxylic acids is 1. The van der Waals surface area contributed by atoms with Gasteiger partial charge in [0.25, 0.3) is 0 Å². The maximum atomic E-state index is 11.3. The zero-order valence-electron chi connectivity index (χ0n) is 8.31. The smallest absolute Gasteiger partial charge is 0.359 e. The highest BCUT2D eigenvalue weighted by Crippen LogP contribution is 2.30. The van der Waals surface area contributed by atoms with Crippen LogP contribution in [0.15, 0.2) is 24.4 Å². The first-order valence-corrected chi connectivity index (χ1v) is 5.58. The molecule has 2 rings (SSSR count). The lowest BCUT2D eigenvalue weighted by atomic mass is 10.4. The third kappa shape index (κ3) is 2.05. The normalized spacial score (nSPS) is 10.1. The van der Waals surface area contributed by atoms with Gasteiger partial charge in [0.05, 0.1) is 12.8 Å². The van der Waals surface area contributed by atoms with E-state index < -0.39 is 5.97 Å². The second-order valence-electron chi connectivity index (χ2n) is 2.85. The summed E-state index contributed by atoms with van der Waals surface area (Å²) in [5, 5.41) is 0.603. The third-order valence-electron chi connectivity index (χ3n) is 1.85. The zero-order chi connectivity index (χ0) is 11.5. The molecule has 0 radical (unpaired) electrons. The van der Waals surface area contributed by atoms with E-state index in [1.165, 1.54) is 18.4 Å². The number of methoxy groups -OCH3 is 1. The minimum Gasteiger partial charge on any atom is -0.464 e. The van der Waals surface area contributed by atoms with Gasteiger partial charge in [-0.1, -0.05) is 29.0 Å². The molecule has 0 spiro atoms. The molecule has 0 aliphatic heterocycles. The Bertz CT molecular complexity index is 513. The maximum absolute atomic E-state index is 11.3. The number of nitrogens with zero attached hydrogens (tertiary/aromatic N) is 2. The van der Waals surface area contributed by atoms with Crippen molar-refractivity contribution in [2.75, 3.05) is 7.11 Å². The van der Waals surface area contributed by atoms with E-state index >= 15 is 0 Å². The SMILES string of the molecule is COC(=O)c1nc(-c2ccccn2)sc1Cl. The zero-order valence-corrected chi connectivity index (χ0v) is 9.88. The Morgan fingerprint density at radius 1 is 1.50 bits per heavy atom. The largest absolute Gasteiger partial charge is 0.464 e. The van der Waals surface area contributed by atoms with Gasteiger partial charge in [-0.25, -0.2) is 9.78 Å². The fourth-order valence-corrected chi connectivity index (χ4v) is 2.22. The molecule has 16 heavy (non-hydrogen) atoms. The Kier molecular flexibility index (Phi) is 3.17. The summed E-state index contributed by atoms with van der Waals surface area (Å²) in [5.74, 6) is -0.538. The number of carbonyl (C=O) groups is 1. The molecule has 0 saturated heterocycles. The highest BCUT2D eigenvalue weighted by molar-refractivity contribution is 7.19. The van der Waals surface area contributed by atoms with Crippen LogP contribution in [0, 0.1) is 0 Å². The van der Waals surface area contributed by atoms with Gasteiger partial charge in [-0.3, -0.25) is 4.98 Å². The van der Waals surface area contributed by atoms with E-state index in [0.717, 1.165) is 0 Å². The third-order valence-corrected chi connectivity index (χ3v) is 3.13. The molecular weight excluding hydrogens is 248 g/mol. The van der Waals surface area contributed by atoms with Gasteiger partial charge < -0.3 is 4.74 Å². The van der Waals surface area contributed by atoms with Gasteiger partial charge in [0, 0.05) is 6.20 Å². The first-order chi connectivity index (χ1) is 7.72. The number of ether oxygens (including phenoxy) is 1. The van der Waals surface area contributed by atoms with Gasteiger partial charge in [-0.2, -0.15) is 0 Å². The summed E-state index contributed by atoms with van der Waals surface area (Å²) >= 11 is 7.10. The summed E-state index contributed by atoms with van der Waals surface area (Å²) in [4.78, 5) is 19.5. The minimum atomic E-state index is -0.538. The average Bonchev–Trinajstić information content (AvgIpc) is 2.71. The van der Waals surface area contributed by atoms with Crippen molar-refractivity contribution in [3.05, 3.63) is 34.4 Å². The van der Waals surface area contributed by atoms with E-state index in [1.807, 2.05) is 6.07 Å². The van der Waals surface area contributed by atoms with E-state index in [4.69, 9.17) is 11.6 Å². The van der Waals surface area contributed by atoms with Gasteiger partial charge in [-0.05, 0) is 12.1 Å². The number of halogens is 1. The van der Waals surface area contributed by atoms with Crippen molar-refractivity contribution in [1.82, 2.24) is 9.97 Å². The van der Waals surface area contributed by atoms with Crippen LogP contribution < -0.4 is 0 Å². The Hall–Kier alpha value is -1.46. The standard InChI is InChI=1S/C10H7ClN2O2S/c1-15-10(14)7-8(11)16-9(13-7)6-4-2-3-5-12-6/h2-5H,1H3. The van der Waals surface area contributed by atoms with Gasteiger partial charge in [0.1, 0.15) is 9.34 Å². The fourth-order valence-electron chi connectivity index (χ4n) is 1.12. The molecule has 0 fully saturated rings. The number of hydrogen-bond acceptors (Lipinski definition) is 5. The van der Waals surface area contributed by atoms with E-state index in [0.29, 0.717) is 15.0 Å². The number of hydrogen-bond donors (Lipinski definition) is 0. The van der Waals surface area contributed by atoms with Crippen LogP contribution in [0.4, 0.5) is 0 Å². The molecule has 4 nitrogen and oxygen atoms in total. The second kappa shape index (κ2) is 4.59. The van der Waals surface area contributed by atoms with Crippen LogP contribution >= 0.6 is 22.9 Å². The molecule has 82 valence electrons. The van der Waals surface area contributed by atoms with Crippen molar-refractivity contribution in [3.63, 3.8) is 0 Å². The van der Waals surface area contributed by atoms with Gasteiger partial charge >= 0.3 is 5.97 Å². The molecule has 0 N–H and O–H groups in total. The predicted molar refractivity (Wildman–Crippen MR) is 61.7 cm³/mol. The molecule has 0 amide bonds. The maximum Gasteiger partial charge on any atom is 0.359 e.